The minimum Gasteiger partial charge on any atom is -0.493 e. The molecular formula is C22H23BrN2O7. The van der Waals surface area contributed by atoms with Gasteiger partial charge in [0.1, 0.15) is 11.5 Å². The highest BCUT2D eigenvalue weighted by Gasteiger charge is 2.34. The zero-order valence-electron chi connectivity index (χ0n) is 18.1. The molecule has 32 heavy (non-hydrogen) atoms. The molecule has 0 unspecified atom stereocenters. The molecule has 0 spiro atoms. The number of rotatable bonds is 8. The van der Waals surface area contributed by atoms with Crippen molar-refractivity contribution in [1.29, 1.82) is 0 Å². The number of nitrogens with one attached hydrogen (secondary N) is 1. The minimum atomic E-state index is -0.644. The number of nitrogens with zero attached hydrogens (tertiary/aromatic N) is 1. The summed E-state index contributed by atoms with van der Waals surface area (Å²) in [4.78, 5) is 37.6. The molecule has 2 aromatic rings. The number of methoxy groups -OCH3 is 2. The molecule has 0 saturated carbocycles. The van der Waals surface area contributed by atoms with Crippen LogP contribution >= 0.6 is 15.9 Å². The van der Waals surface area contributed by atoms with Crippen molar-refractivity contribution >= 4 is 39.9 Å². The van der Waals surface area contributed by atoms with Crippen LogP contribution in [-0.4, -0.2) is 43.1 Å². The van der Waals surface area contributed by atoms with E-state index in [9.17, 15) is 14.4 Å². The molecule has 9 nitrogen and oxygen atoms in total. The number of ether oxygens (including phenoxy) is 3. The molecule has 1 atom stereocenters. The Morgan fingerprint density at radius 2 is 2.03 bits per heavy atom. The minimum absolute atomic E-state index is 0.00467. The fraction of sp³-hybridized carbons (Fsp3) is 0.318. The van der Waals surface area contributed by atoms with Crippen LogP contribution in [0.3, 0.4) is 0 Å². The Morgan fingerprint density at radius 3 is 2.69 bits per heavy atom. The summed E-state index contributed by atoms with van der Waals surface area (Å²) < 4.78 is 21.9. The van der Waals surface area contributed by atoms with Crippen LogP contribution in [0.1, 0.15) is 42.1 Å². The molecule has 2 heterocycles. The number of benzene rings is 1. The number of esters is 1. The Bertz CT molecular complexity index is 1080. The molecule has 3 rings (SSSR count). The zero-order chi connectivity index (χ0) is 23.4. The highest BCUT2D eigenvalue weighted by Crippen LogP contribution is 2.38. The van der Waals surface area contributed by atoms with Crippen LogP contribution in [0, 0.1) is 0 Å². The SMILES string of the molecule is CC[C@@H](C)Oc1c(Br)cc(/C=C2\NC(=O)N(Cc3ccc(C(=O)OC)o3)C2=O)cc1OC. The van der Waals surface area contributed by atoms with Crippen molar-refractivity contribution in [1.82, 2.24) is 10.2 Å². The van der Waals surface area contributed by atoms with Crippen LogP contribution in [-0.2, 0) is 16.1 Å². The summed E-state index contributed by atoms with van der Waals surface area (Å²) >= 11 is 3.48. The molecule has 1 aromatic heterocycles. The number of urea groups is 1. The van der Waals surface area contributed by atoms with Gasteiger partial charge in [0, 0.05) is 0 Å². The van der Waals surface area contributed by atoms with Crippen LogP contribution in [0.5, 0.6) is 11.5 Å². The van der Waals surface area contributed by atoms with Crippen molar-refractivity contribution < 1.29 is 33.0 Å². The van der Waals surface area contributed by atoms with Crippen LogP contribution in [0.15, 0.2) is 38.9 Å². The monoisotopic (exact) mass is 506 g/mol. The first-order valence-corrected chi connectivity index (χ1v) is 10.6. The van der Waals surface area contributed by atoms with Gasteiger partial charge in [-0.05, 0) is 65.2 Å². The number of furan rings is 1. The normalized spacial score (nSPS) is 15.7. The van der Waals surface area contributed by atoms with E-state index < -0.39 is 17.9 Å². The Balaban J connectivity index is 1.81. The lowest BCUT2D eigenvalue weighted by atomic mass is 10.1. The summed E-state index contributed by atoms with van der Waals surface area (Å²) in [5, 5.41) is 2.55. The predicted molar refractivity (Wildman–Crippen MR) is 118 cm³/mol. The molecule has 0 bridgehead atoms. The first-order valence-electron chi connectivity index (χ1n) is 9.83. The van der Waals surface area contributed by atoms with Crippen molar-refractivity contribution in [3.63, 3.8) is 0 Å². The van der Waals surface area contributed by atoms with Gasteiger partial charge in [-0.15, -0.1) is 0 Å². The predicted octanol–water partition coefficient (Wildman–Crippen LogP) is 4.11. The van der Waals surface area contributed by atoms with E-state index in [0.29, 0.717) is 21.5 Å². The number of hydrogen-bond acceptors (Lipinski definition) is 7. The standard InChI is InChI=1S/C22H23BrN2O7/c1-5-12(2)31-19-15(23)8-13(10-18(19)29-3)9-16-20(26)25(22(28)24-16)11-14-6-7-17(32-14)21(27)30-4/h6-10,12H,5,11H2,1-4H3,(H,24,28)/b16-9-/t12-/m1/s1. The number of hydrogen-bond donors (Lipinski definition) is 1. The van der Waals surface area contributed by atoms with Crippen LogP contribution < -0.4 is 14.8 Å². The molecule has 1 aliphatic heterocycles. The zero-order valence-corrected chi connectivity index (χ0v) is 19.6. The molecule has 1 saturated heterocycles. The van der Waals surface area contributed by atoms with Gasteiger partial charge in [0.2, 0.25) is 5.76 Å². The maximum atomic E-state index is 12.8. The van der Waals surface area contributed by atoms with Gasteiger partial charge in [0.15, 0.2) is 11.5 Å². The van der Waals surface area contributed by atoms with Crippen LogP contribution in [0.25, 0.3) is 6.08 Å². The second-order valence-corrected chi connectivity index (χ2v) is 7.86. The third-order valence-corrected chi connectivity index (χ3v) is 5.37. The third kappa shape index (κ3) is 4.96. The maximum absolute atomic E-state index is 12.8. The Morgan fingerprint density at radius 1 is 1.28 bits per heavy atom. The molecule has 3 amide bonds. The quantitative estimate of drug-likeness (QED) is 0.326. The van der Waals surface area contributed by atoms with E-state index in [0.717, 1.165) is 11.3 Å². The fourth-order valence-corrected chi connectivity index (χ4v) is 3.49. The lowest BCUT2D eigenvalue weighted by Gasteiger charge is -2.17. The van der Waals surface area contributed by atoms with E-state index >= 15 is 0 Å². The summed E-state index contributed by atoms with van der Waals surface area (Å²) in [7, 11) is 2.76. The van der Waals surface area contributed by atoms with Crippen molar-refractivity contribution in [3.05, 3.63) is 51.5 Å². The van der Waals surface area contributed by atoms with Crippen molar-refractivity contribution in [2.24, 2.45) is 0 Å². The molecule has 170 valence electrons. The van der Waals surface area contributed by atoms with Crippen molar-refractivity contribution in [2.45, 2.75) is 32.9 Å². The molecule has 1 fully saturated rings. The van der Waals surface area contributed by atoms with E-state index in [-0.39, 0.29) is 29.9 Å². The first kappa shape index (κ1) is 23.4. The molecular weight excluding hydrogens is 484 g/mol. The maximum Gasteiger partial charge on any atom is 0.373 e. The average Bonchev–Trinajstić information content (AvgIpc) is 3.35. The lowest BCUT2D eigenvalue weighted by molar-refractivity contribution is -0.123. The van der Waals surface area contributed by atoms with E-state index in [1.807, 2.05) is 13.8 Å². The summed E-state index contributed by atoms with van der Waals surface area (Å²) in [5.74, 6) is 0.140. The number of carbonyl (C=O) groups excluding carboxylic acids is 3. The van der Waals surface area contributed by atoms with E-state index in [1.54, 1.807) is 18.2 Å². The molecule has 0 aliphatic carbocycles. The fourth-order valence-electron chi connectivity index (χ4n) is 2.93. The van der Waals surface area contributed by atoms with E-state index in [2.05, 4.69) is 26.0 Å². The summed E-state index contributed by atoms with van der Waals surface area (Å²) in [6, 6.07) is 5.81. The first-order chi connectivity index (χ1) is 15.3. The second-order valence-electron chi connectivity index (χ2n) is 7.01. The highest BCUT2D eigenvalue weighted by atomic mass is 79.9. The molecule has 0 radical (unpaired) electrons. The van der Waals surface area contributed by atoms with E-state index in [1.165, 1.54) is 26.4 Å². The molecule has 1 aromatic carbocycles. The van der Waals surface area contributed by atoms with Gasteiger partial charge in [-0.1, -0.05) is 6.92 Å². The number of imide groups is 1. The van der Waals surface area contributed by atoms with Crippen molar-refractivity contribution in [3.8, 4) is 11.5 Å². The molecule has 1 N–H and O–H groups in total. The lowest BCUT2D eigenvalue weighted by Crippen LogP contribution is -2.30. The van der Waals surface area contributed by atoms with Gasteiger partial charge in [0.05, 0.1) is 31.3 Å². The van der Waals surface area contributed by atoms with Crippen molar-refractivity contribution in [2.75, 3.05) is 14.2 Å². The molecule has 10 heteroatoms. The summed E-state index contributed by atoms with van der Waals surface area (Å²) in [6.45, 7) is 3.84. The van der Waals surface area contributed by atoms with E-state index in [4.69, 9.17) is 13.9 Å². The molecule has 1 aliphatic rings. The third-order valence-electron chi connectivity index (χ3n) is 4.78. The Labute approximate surface area is 193 Å². The van der Waals surface area contributed by atoms with Gasteiger partial charge < -0.3 is 23.9 Å². The number of amides is 3. The van der Waals surface area contributed by atoms with Crippen LogP contribution in [0.4, 0.5) is 4.79 Å². The van der Waals surface area contributed by atoms with Gasteiger partial charge in [-0.25, -0.2) is 9.59 Å². The van der Waals surface area contributed by atoms with Gasteiger partial charge in [-0.3, -0.25) is 9.69 Å². The summed E-state index contributed by atoms with van der Waals surface area (Å²) in [6.07, 6.45) is 2.37. The summed E-state index contributed by atoms with van der Waals surface area (Å²) in [5.41, 5.74) is 0.723. The van der Waals surface area contributed by atoms with Gasteiger partial charge in [-0.2, -0.15) is 0 Å². The largest absolute Gasteiger partial charge is 0.493 e. The number of halogens is 1. The Kier molecular flexibility index (Phi) is 7.24. The average molecular weight is 507 g/mol. The van der Waals surface area contributed by atoms with Gasteiger partial charge >= 0.3 is 12.0 Å². The highest BCUT2D eigenvalue weighted by molar-refractivity contribution is 9.10. The second kappa shape index (κ2) is 9.90. The Hall–Kier alpha value is -3.27. The van der Waals surface area contributed by atoms with Gasteiger partial charge in [0.25, 0.3) is 5.91 Å². The smallest absolute Gasteiger partial charge is 0.373 e. The number of carbonyl (C=O) groups is 3. The topological polar surface area (TPSA) is 107 Å². The van der Waals surface area contributed by atoms with Crippen LogP contribution in [0.2, 0.25) is 0 Å².